The molecule has 4 aromatic rings. The molecule has 3 N–H and O–H groups in total. The van der Waals surface area contributed by atoms with E-state index in [0.717, 1.165) is 0 Å². The van der Waals surface area contributed by atoms with Gasteiger partial charge in [-0.05, 0) is 54.1 Å². The van der Waals surface area contributed by atoms with Gasteiger partial charge in [0.15, 0.2) is 0 Å². The first-order valence-corrected chi connectivity index (χ1v) is 10.5. The summed E-state index contributed by atoms with van der Waals surface area (Å²) < 4.78 is 29.1. The van der Waals surface area contributed by atoms with Crippen LogP contribution in [0, 0.1) is 5.82 Å². The number of aromatic nitrogens is 4. The highest BCUT2D eigenvalue weighted by Crippen LogP contribution is 2.32. The van der Waals surface area contributed by atoms with Crippen LogP contribution < -0.4 is 5.32 Å². The molecule has 0 aliphatic rings. The lowest BCUT2D eigenvalue weighted by molar-refractivity contribution is 0.0850. The van der Waals surface area contributed by atoms with Gasteiger partial charge in [-0.1, -0.05) is 17.7 Å². The van der Waals surface area contributed by atoms with Crippen molar-refractivity contribution in [2.45, 2.75) is 18.8 Å². The van der Waals surface area contributed by atoms with Gasteiger partial charge in [0.2, 0.25) is 0 Å². The maximum Gasteiger partial charge on any atom is 0.252 e. The smallest absolute Gasteiger partial charge is 0.252 e. The summed E-state index contributed by atoms with van der Waals surface area (Å²) in [5.74, 6) is -0.936. The predicted octanol–water partition coefficient (Wildman–Crippen LogP) is 3.86. The molecule has 2 aromatic heterocycles. The number of aromatic amines is 1. The van der Waals surface area contributed by atoms with Crippen LogP contribution in [0.4, 0.5) is 8.78 Å². The number of carbonyl (C=O) groups is 1. The molecule has 1 amide bonds. The Balaban J connectivity index is 1.63. The number of hydrogen-bond acceptors (Lipinski definition) is 4. The molecule has 10 heteroatoms. The lowest BCUT2D eigenvalue weighted by Gasteiger charge is -2.22. The number of hydrogen-bond donors (Lipinski definition) is 3. The average Bonchev–Trinajstić information content (AvgIpc) is 3.51. The number of carbonyl (C=O) groups excluding carboxylic acids is 1. The molecule has 0 fully saturated rings. The molecule has 170 valence electrons. The Labute approximate surface area is 193 Å². The maximum atomic E-state index is 14.4. The lowest BCUT2D eigenvalue weighted by atomic mass is 10.0. The van der Waals surface area contributed by atoms with Gasteiger partial charge in [-0.2, -0.15) is 10.2 Å². The summed E-state index contributed by atoms with van der Waals surface area (Å²) in [7, 11) is 0. The van der Waals surface area contributed by atoms with Gasteiger partial charge in [-0.25, -0.2) is 8.78 Å². The molecule has 33 heavy (non-hydrogen) atoms. The van der Waals surface area contributed by atoms with Gasteiger partial charge in [0.05, 0.1) is 41.2 Å². The van der Waals surface area contributed by atoms with Gasteiger partial charge in [-0.3, -0.25) is 14.6 Å². The molecule has 4 rings (SSSR count). The molecule has 0 saturated carbocycles. The minimum atomic E-state index is -1.70. The van der Waals surface area contributed by atoms with Crippen LogP contribution in [0.5, 0.6) is 0 Å². The van der Waals surface area contributed by atoms with Crippen molar-refractivity contribution in [3.8, 4) is 22.5 Å². The number of aliphatic hydroxyl groups excluding tert-OH is 1. The van der Waals surface area contributed by atoms with E-state index in [2.05, 4.69) is 20.6 Å². The summed E-state index contributed by atoms with van der Waals surface area (Å²) in [6.45, 7) is -0.720. The molecular weight excluding hydrogens is 452 g/mol. The second-order valence-electron chi connectivity index (χ2n) is 7.34. The molecule has 7 nitrogen and oxygen atoms in total. The van der Waals surface area contributed by atoms with Crippen molar-refractivity contribution >= 4 is 17.5 Å². The van der Waals surface area contributed by atoms with Crippen molar-refractivity contribution in [1.29, 1.82) is 0 Å². The van der Waals surface area contributed by atoms with E-state index in [1.54, 1.807) is 48.7 Å². The monoisotopic (exact) mass is 471 g/mol. The Hall–Kier alpha value is -3.56. The second-order valence-corrected chi connectivity index (χ2v) is 7.75. The van der Waals surface area contributed by atoms with Crippen molar-refractivity contribution < 1.29 is 18.7 Å². The van der Waals surface area contributed by atoms with Crippen LogP contribution in [-0.4, -0.2) is 49.8 Å². The zero-order chi connectivity index (χ0) is 23.4. The van der Waals surface area contributed by atoms with E-state index < -0.39 is 24.7 Å². The zero-order valence-electron chi connectivity index (χ0n) is 17.3. The molecule has 2 aromatic carbocycles. The molecule has 0 aliphatic heterocycles. The molecule has 2 atom stereocenters. The van der Waals surface area contributed by atoms with Crippen molar-refractivity contribution in [3.63, 3.8) is 0 Å². The van der Waals surface area contributed by atoms with Crippen LogP contribution in [0.15, 0.2) is 67.0 Å². The quantitative estimate of drug-likeness (QED) is 0.363. The first kappa shape index (κ1) is 22.6. The van der Waals surface area contributed by atoms with Crippen molar-refractivity contribution in [3.05, 3.63) is 83.4 Å². The van der Waals surface area contributed by atoms with Crippen LogP contribution in [0.3, 0.4) is 0 Å². The number of H-pyrrole nitrogens is 1. The largest absolute Gasteiger partial charge is 0.393 e. The van der Waals surface area contributed by atoms with Gasteiger partial charge >= 0.3 is 0 Å². The van der Waals surface area contributed by atoms with E-state index in [1.807, 2.05) is 0 Å². The molecule has 0 unspecified atom stereocenters. The van der Waals surface area contributed by atoms with Crippen molar-refractivity contribution in [1.82, 2.24) is 25.3 Å². The molecule has 2 heterocycles. The number of alkyl halides is 1. The summed E-state index contributed by atoms with van der Waals surface area (Å²) >= 11 is 6.41. The summed E-state index contributed by atoms with van der Waals surface area (Å²) in [5.41, 5.74) is 2.26. The molecule has 0 saturated heterocycles. The Morgan fingerprint density at radius 3 is 2.70 bits per heavy atom. The summed E-state index contributed by atoms with van der Waals surface area (Å²) in [6, 6.07) is 13.0. The fraction of sp³-hybridized carbons (Fsp3) is 0.174. The third kappa shape index (κ3) is 5.10. The van der Waals surface area contributed by atoms with Crippen LogP contribution in [0.2, 0.25) is 5.02 Å². The van der Waals surface area contributed by atoms with Gasteiger partial charge in [0, 0.05) is 18.0 Å². The molecule has 0 radical (unpaired) electrons. The van der Waals surface area contributed by atoms with E-state index in [0.29, 0.717) is 22.5 Å². The van der Waals surface area contributed by atoms with Gasteiger partial charge in [0.25, 0.3) is 5.91 Å². The minimum Gasteiger partial charge on any atom is -0.393 e. The Bertz CT molecular complexity index is 1230. The average molecular weight is 472 g/mol. The fourth-order valence-electron chi connectivity index (χ4n) is 3.43. The van der Waals surface area contributed by atoms with Crippen LogP contribution in [-0.2, 0) is 6.54 Å². The topological polar surface area (TPSA) is 95.8 Å². The first-order chi connectivity index (χ1) is 16.0. The number of halogens is 3. The number of benzene rings is 2. The highest BCUT2D eigenvalue weighted by molar-refractivity contribution is 6.34. The zero-order valence-corrected chi connectivity index (χ0v) is 18.0. The van der Waals surface area contributed by atoms with E-state index in [-0.39, 0.29) is 22.9 Å². The van der Waals surface area contributed by atoms with E-state index in [4.69, 9.17) is 11.6 Å². The fourth-order valence-corrected chi connectivity index (χ4v) is 3.71. The third-order valence-electron chi connectivity index (χ3n) is 5.12. The van der Waals surface area contributed by atoms with Crippen LogP contribution in [0.1, 0.15) is 10.4 Å². The first-order valence-electron chi connectivity index (χ1n) is 10.1. The summed E-state index contributed by atoms with van der Waals surface area (Å²) in [4.78, 5) is 13.1. The standard InChI is InChI=1S/C23H20ClF2N5O2/c24-17-4-1-3-16(23(33)28-21(18(26)13-32)12-31-10-2-9-27-31)22(17)20-11-19(29-30-20)14-5-7-15(25)8-6-14/h1-11,18,21,32H,12-13H2,(H,28,33)(H,29,30)/t18-,21-/m1/s1. The van der Waals surface area contributed by atoms with Crippen LogP contribution >= 0.6 is 11.6 Å². The molecular formula is C23H20ClF2N5O2. The number of nitrogens with zero attached hydrogens (tertiary/aromatic N) is 3. The second kappa shape index (κ2) is 9.93. The molecule has 0 spiro atoms. The Morgan fingerprint density at radius 1 is 1.21 bits per heavy atom. The number of rotatable bonds is 8. The highest BCUT2D eigenvalue weighted by atomic mass is 35.5. The number of amides is 1. The predicted molar refractivity (Wildman–Crippen MR) is 120 cm³/mol. The van der Waals surface area contributed by atoms with Crippen LogP contribution in [0.25, 0.3) is 22.5 Å². The normalized spacial score (nSPS) is 13.0. The van der Waals surface area contributed by atoms with E-state index in [1.165, 1.54) is 23.0 Å². The summed E-state index contributed by atoms with van der Waals surface area (Å²) in [5, 5.41) is 23.4. The highest BCUT2D eigenvalue weighted by Gasteiger charge is 2.26. The van der Waals surface area contributed by atoms with Crippen molar-refractivity contribution in [2.24, 2.45) is 0 Å². The maximum absolute atomic E-state index is 14.4. The van der Waals surface area contributed by atoms with Crippen molar-refractivity contribution in [2.75, 3.05) is 6.61 Å². The Morgan fingerprint density at radius 2 is 2.00 bits per heavy atom. The lowest BCUT2D eigenvalue weighted by Crippen LogP contribution is -2.46. The molecule has 0 bridgehead atoms. The molecule has 0 aliphatic carbocycles. The van der Waals surface area contributed by atoms with Gasteiger partial charge in [0.1, 0.15) is 12.0 Å². The SMILES string of the molecule is O=C(N[C@H](Cn1cccn1)[C@H](F)CO)c1cccc(Cl)c1-c1cc(-c2ccc(F)cc2)[nH]n1. The number of nitrogens with one attached hydrogen (secondary N) is 2. The van der Waals surface area contributed by atoms with Gasteiger partial charge < -0.3 is 10.4 Å². The Kier molecular flexibility index (Phi) is 6.81. The third-order valence-corrected chi connectivity index (χ3v) is 5.43. The number of aliphatic hydroxyl groups is 1. The van der Waals surface area contributed by atoms with E-state index in [9.17, 15) is 18.7 Å². The van der Waals surface area contributed by atoms with Gasteiger partial charge in [-0.15, -0.1) is 0 Å². The van der Waals surface area contributed by atoms with E-state index >= 15 is 0 Å². The minimum absolute atomic E-state index is 0.0352. The summed E-state index contributed by atoms with van der Waals surface area (Å²) in [6.07, 6.45) is 1.47.